The Hall–Kier alpha value is -2.48. The molecule has 1 aromatic carbocycles. The summed E-state index contributed by atoms with van der Waals surface area (Å²) in [6, 6.07) is 5.64. The van der Waals surface area contributed by atoms with E-state index in [1.54, 1.807) is 6.08 Å². The van der Waals surface area contributed by atoms with Crippen molar-refractivity contribution in [3.05, 3.63) is 42.2 Å². The maximum absolute atomic E-state index is 12.4. The number of benzene rings is 1. The number of allylic oxidation sites excluding steroid dienone is 1. The van der Waals surface area contributed by atoms with E-state index in [1.165, 1.54) is 11.8 Å². The number of aromatic nitrogens is 3. The van der Waals surface area contributed by atoms with Crippen LogP contribution in [0.25, 0.3) is 0 Å². The standard InChI is InChI=1S/C17H20N4O3S/c1-4-7-21-12(3)19-20-17(21)25-11(2)16(22)18-9-13-5-6-14-15(8-13)24-10-23-14/h4-6,8,11H,1,7,9-10H2,2-3H3,(H,18,22)/t11-/m0/s1. The number of nitrogens with zero attached hydrogens (tertiary/aromatic N) is 3. The summed E-state index contributed by atoms with van der Waals surface area (Å²) in [5.74, 6) is 2.18. The summed E-state index contributed by atoms with van der Waals surface area (Å²) in [6.45, 7) is 8.75. The molecule has 1 aliphatic rings. The Balaban J connectivity index is 1.57. The van der Waals surface area contributed by atoms with E-state index in [0.717, 1.165) is 17.1 Å². The van der Waals surface area contributed by atoms with Crippen LogP contribution in [-0.2, 0) is 17.9 Å². The van der Waals surface area contributed by atoms with Gasteiger partial charge in [-0.15, -0.1) is 16.8 Å². The Kier molecular flexibility index (Phi) is 5.28. The van der Waals surface area contributed by atoms with Crippen LogP contribution in [-0.4, -0.2) is 32.7 Å². The fourth-order valence-corrected chi connectivity index (χ4v) is 3.31. The Morgan fingerprint density at radius 1 is 1.44 bits per heavy atom. The number of carbonyl (C=O) groups is 1. The molecule has 3 rings (SSSR count). The maximum Gasteiger partial charge on any atom is 0.233 e. The third-order valence-electron chi connectivity index (χ3n) is 3.77. The van der Waals surface area contributed by atoms with Gasteiger partial charge in [-0.05, 0) is 31.5 Å². The van der Waals surface area contributed by atoms with Crippen LogP contribution in [0.1, 0.15) is 18.3 Å². The largest absolute Gasteiger partial charge is 0.454 e. The van der Waals surface area contributed by atoms with Crippen molar-refractivity contribution in [1.29, 1.82) is 0 Å². The highest BCUT2D eigenvalue weighted by Crippen LogP contribution is 2.32. The van der Waals surface area contributed by atoms with Crippen molar-refractivity contribution >= 4 is 17.7 Å². The van der Waals surface area contributed by atoms with E-state index >= 15 is 0 Å². The molecule has 0 radical (unpaired) electrons. The SMILES string of the molecule is C=CCn1c(C)nnc1S[C@@H](C)C(=O)NCc1ccc2c(c1)OCO2. The van der Waals surface area contributed by atoms with Gasteiger partial charge in [0, 0.05) is 13.1 Å². The number of hydrogen-bond acceptors (Lipinski definition) is 6. The number of carbonyl (C=O) groups excluding carboxylic acids is 1. The first-order valence-corrected chi connectivity index (χ1v) is 8.80. The molecule has 0 aliphatic carbocycles. The molecule has 8 heteroatoms. The number of aryl methyl sites for hydroxylation is 1. The summed E-state index contributed by atoms with van der Waals surface area (Å²) >= 11 is 1.38. The van der Waals surface area contributed by atoms with Crippen molar-refractivity contribution < 1.29 is 14.3 Å². The van der Waals surface area contributed by atoms with Crippen molar-refractivity contribution in [2.45, 2.75) is 37.3 Å². The van der Waals surface area contributed by atoms with Gasteiger partial charge in [-0.2, -0.15) is 0 Å². The van der Waals surface area contributed by atoms with E-state index in [-0.39, 0.29) is 18.0 Å². The molecule has 0 bridgehead atoms. The molecular weight excluding hydrogens is 340 g/mol. The average Bonchev–Trinajstić information content (AvgIpc) is 3.20. The number of ether oxygens (including phenoxy) is 2. The number of amides is 1. The number of fused-ring (bicyclic) bond motifs is 1. The van der Waals surface area contributed by atoms with E-state index in [2.05, 4.69) is 22.1 Å². The first-order chi connectivity index (χ1) is 12.1. The molecular formula is C17H20N4O3S. The zero-order chi connectivity index (χ0) is 17.8. The summed E-state index contributed by atoms with van der Waals surface area (Å²) in [7, 11) is 0. The fourth-order valence-electron chi connectivity index (χ4n) is 2.38. The fraction of sp³-hybridized carbons (Fsp3) is 0.353. The van der Waals surface area contributed by atoms with Gasteiger partial charge in [0.25, 0.3) is 0 Å². The van der Waals surface area contributed by atoms with E-state index in [4.69, 9.17) is 9.47 Å². The lowest BCUT2D eigenvalue weighted by molar-refractivity contribution is -0.120. The van der Waals surface area contributed by atoms with Crippen LogP contribution < -0.4 is 14.8 Å². The van der Waals surface area contributed by atoms with Crippen LogP contribution in [0.5, 0.6) is 11.5 Å². The van der Waals surface area contributed by atoms with Crippen molar-refractivity contribution in [1.82, 2.24) is 20.1 Å². The van der Waals surface area contributed by atoms with Crippen molar-refractivity contribution in [3.8, 4) is 11.5 Å². The molecule has 1 aliphatic heterocycles. The van der Waals surface area contributed by atoms with Gasteiger partial charge in [-0.25, -0.2) is 0 Å². The quantitative estimate of drug-likeness (QED) is 0.603. The topological polar surface area (TPSA) is 78.3 Å². The lowest BCUT2D eigenvalue weighted by atomic mass is 10.2. The van der Waals surface area contributed by atoms with Gasteiger partial charge in [-0.3, -0.25) is 4.79 Å². The molecule has 1 aromatic heterocycles. The van der Waals surface area contributed by atoms with Gasteiger partial charge in [0.15, 0.2) is 16.7 Å². The summed E-state index contributed by atoms with van der Waals surface area (Å²) in [4.78, 5) is 12.4. The van der Waals surface area contributed by atoms with Gasteiger partial charge in [0.1, 0.15) is 5.82 Å². The summed E-state index contributed by atoms with van der Waals surface area (Å²) in [6.07, 6.45) is 1.78. The first kappa shape index (κ1) is 17.3. The minimum Gasteiger partial charge on any atom is -0.454 e. The third-order valence-corrected chi connectivity index (χ3v) is 4.85. The number of thioether (sulfide) groups is 1. The molecule has 2 aromatic rings. The summed E-state index contributed by atoms with van der Waals surface area (Å²) < 4.78 is 12.6. The van der Waals surface area contributed by atoms with Crippen molar-refractivity contribution in [3.63, 3.8) is 0 Å². The molecule has 25 heavy (non-hydrogen) atoms. The highest BCUT2D eigenvalue weighted by Gasteiger charge is 2.19. The molecule has 1 atom stereocenters. The van der Waals surface area contributed by atoms with Gasteiger partial charge in [0.2, 0.25) is 12.7 Å². The van der Waals surface area contributed by atoms with Crippen LogP contribution in [0.4, 0.5) is 0 Å². The minimum atomic E-state index is -0.291. The number of nitrogens with one attached hydrogen (secondary N) is 1. The third kappa shape index (κ3) is 3.96. The summed E-state index contributed by atoms with van der Waals surface area (Å²) in [5.41, 5.74) is 0.959. The van der Waals surface area contributed by atoms with Crippen LogP contribution in [0, 0.1) is 6.92 Å². The molecule has 7 nitrogen and oxygen atoms in total. The van der Waals surface area contributed by atoms with Crippen LogP contribution in [0.2, 0.25) is 0 Å². The first-order valence-electron chi connectivity index (χ1n) is 7.92. The van der Waals surface area contributed by atoms with E-state index < -0.39 is 0 Å². The molecule has 1 N–H and O–H groups in total. The average molecular weight is 360 g/mol. The molecule has 2 heterocycles. The molecule has 0 spiro atoms. The van der Waals surface area contributed by atoms with Crippen LogP contribution in [0.15, 0.2) is 36.0 Å². The van der Waals surface area contributed by atoms with Gasteiger partial charge in [0.05, 0.1) is 5.25 Å². The highest BCUT2D eigenvalue weighted by molar-refractivity contribution is 8.00. The number of rotatable bonds is 7. The van der Waals surface area contributed by atoms with Crippen LogP contribution in [0.3, 0.4) is 0 Å². The normalized spacial score (nSPS) is 13.5. The molecule has 0 unspecified atom stereocenters. The molecule has 0 saturated carbocycles. The van der Waals surface area contributed by atoms with E-state index in [0.29, 0.717) is 24.0 Å². The Morgan fingerprint density at radius 2 is 2.24 bits per heavy atom. The molecule has 0 fully saturated rings. The van der Waals surface area contributed by atoms with Gasteiger partial charge in [-0.1, -0.05) is 23.9 Å². The van der Waals surface area contributed by atoms with Gasteiger partial charge >= 0.3 is 0 Å². The maximum atomic E-state index is 12.4. The monoisotopic (exact) mass is 360 g/mol. The minimum absolute atomic E-state index is 0.0616. The highest BCUT2D eigenvalue weighted by atomic mass is 32.2. The smallest absolute Gasteiger partial charge is 0.233 e. The Morgan fingerprint density at radius 3 is 3.04 bits per heavy atom. The molecule has 1 amide bonds. The Labute approximate surface area is 150 Å². The van der Waals surface area contributed by atoms with Crippen molar-refractivity contribution in [2.75, 3.05) is 6.79 Å². The lowest BCUT2D eigenvalue weighted by Crippen LogP contribution is -2.30. The zero-order valence-corrected chi connectivity index (χ0v) is 15.0. The predicted molar refractivity (Wildman–Crippen MR) is 94.7 cm³/mol. The zero-order valence-electron chi connectivity index (χ0n) is 14.2. The second kappa shape index (κ2) is 7.60. The van der Waals surface area contributed by atoms with E-state index in [1.807, 2.05) is 36.6 Å². The lowest BCUT2D eigenvalue weighted by Gasteiger charge is -2.12. The summed E-state index contributed by atoms with van der Waals surface area (Å²) in [5, 5.41) is 11.5. The molecule has 132 valence electrons. The van der Waals surface area contributed by atoms with Crippen LogP contribution >= 0.6 is 11.8 Å². The van der Waals surface area contributed by atoms with Gasteiger partial charge < -0.3 is 19.4 Å². The molecule has 0 saturated heterocycles. The second-order valence-corrected chi connectivity index (χ2v) is 6.90. The number of hydrogen-bond donors (Lipinski definition) is 1. The predicted octanol–water partition coefficient (Wildman–Crippen LogP) is 2.30. The van der Waals surface area contributed by atoms with E-state index in [9.17, 15) is 4.79 Å². The Bertz CT molecular complexity index is 790. The second-order valence-electron chi connectivity index (χ2n) is 5.59. The van der Waals surface area contributed by atoms with Crippen molar-refractivity contribution in [2.24, 2.45) is 0 Å².